The van der Waals surface area contributed by atoms with E-state index in [4.69, 9.17) is 4.74 Å². The van der Waals surface area contributed by atoms with Gasteiger partial charge in [0.05, 0.1) is 7.11 Å². The maximum Gasteiger partial charge on any atom is 0.325 e. The van der Waals surface area contributed by atoms with Crippen LogP contribution in [0.5, 0.6) is 0 Å². The van der Waals surface area contributed by atoms with Gasteiger partial charge in [0.2, 0.25) is 0 Å². The molecule has 1 saturated carbocycles. The smallest absolute Gasteiger partial charge is 0.325 e. The SMILES string of the molecule is COC(=O)C(C)(C)NC1CCCC(C)(C)CC1. The fourth-order valence-corrected chi connectivity index (χ4v) is 2.63. The van der Waals surface area contributed by atoms with Crippen molar-refractivity contribution < 1.29 is 9.53 Å². The average molecular weight is 241 g/mol. The Balaban J connectivity index is 2.55. The van der Waals surface area contributed by atoms with Gasteiger partial charge in [-0.15, -0.1) is 0 Å². The molecule has 0 bridgehead atoms. The Kier molecular flexibility index (Phi) is 4.59. The minimum Gasteiger partial charge on any atom is -0.468 e. The molecule has 0 saturated heterocycles. The van der Waals surface area contributed by atoms with Crippen molar-refractivity contribution in [3.8, 4) is 0 Å². The molecule has 0 aromatic carbocycles. The highest BCUT2D eigenvalue weighted by molar-refractivity contribution is 5.79. The number of rotatable bonds is 3. The standard InChI is InChI=1S/C14H27NO2/c1-13(2)9-6-7-11(8-10-13)15-14(3,4)12(16)17-5/h11,15H,6-10H2,1-5H3. The molecule has 17 heavy (non-hydrogen) atoms. The van der Waals surface area contributed by atoms with Crippen LogP contribution >= 0.6 is 0 Å². The molecule has 0 spiro atoms. The Hall–Kier alpha value is -0.570. The Morgan fingerprint density at radius 1 is 1.29 bits per heavy atom. The Bertz CT molecular complexity index is 271. The molecule has 0 aromatic heterocycles. The second-order valence-corrected chi connectivity index (χ2v) is 6.55. The highest BCUT2D eigenvalue weighted by atomic mass is 16.5. The van der Waals surface area contributed by atoms with E-state index >= 15 is 0 Å². The fraction of sp³-hybridized carbons (Fsp3) is 0.929. The van der Waals surface area contributed by atoms with E-state index < -0.39 is 5.54 Å². The van der Waals surface area contributed by atoms with E-state index in [2.05, 4.69) is 19.2 Å². The van der Waals surface area contributed by atoms with Crippen molar-refractivity contribution in [1.82, 2.24) is 5.32 Å². The summed E-state index contributed by atoms with van der Waals surface area (Å²) in [5.74, 6) is -0.180. The number of methoxy groups -OCH3 is 1. The van der Waals surface area contributed by atoms with Gasteiger partial charge in [0.15, 0.2) is 0 Å². The van der Waals surface area contributed by atoms with Crippen molar-refractivity contribution in [2.24, 2.45) is 5.41 Å². The van der Waals surface area contributed by atoms with E-state index in [-0.39, 0.29) is 5.97 Å². The van der Waals surface area contributed by atoms with E-state index in [1.165, 1.54) is 26.4 Å². The first-order chi connectivity index (χ1) is 7.77. The molecule has 0 radical (unpaired) electrons. The number of ether oxygens (including phenoxy) is 1. The van der Waals surface area contributed by atoms with E-state index in [0.717, 1.165) is 12.8 Å². The van der Waals surface area contributed by atoms with Gasteiger partial charge in [0.1, 0.15) is 5.54 Å². The van der Waals surface area contributed by atoms with Crippen molar-refractivity contribution in [2.45, 2.75) is 71.4 Å². The summed E-state index contributed by atoms with van der Waals surface area (Å²) >= 11 is 0. The van der Waals surface area contributed by atoms with E-state index in [1.807, 2.05) is 13.8 Å². The number of esters is 1. The molecule has 1 aliphatic rings. The highest BCUT2D eigenvalue weighted by Crippen LogP contribution is 2.34. The number of carbonyl (C=O) groups excluding carboxylic acids is 1. The molecule has 3 heteroatoms. The van der Waals surface area contributed by atoms with Gasteiger partial charge < -0.3 is 4.74 Å². The number of nitrogens with one attached hydrogen (secondary N) is 1. The lowest BCUT2D eigenvalue weighted by Crippen LogP contribution is -2.52. The van der Waals surface area contributed by atoms with E-state index in [1.54, 1.807) is 0 Å². The van der Waals surface area contributed by atoms with Gasteiger partial charge in [-0.2, -0.15) is 0 Å². The molecule has 0 heterocycles. The van der Waals surface area contributed by atoms with Gasteiger partial charge in [-0.25, -0.2) is 0 Å². The summed E-state index contributed by atoms with van der Waals surface area (Å²) in [6, 6.07) is 0.436. The monoisotopic (exact) mass is 241 g/mol. The largest absolute Gasteiger partial charge is 0.468 e. The number of hydrogen-bond donors (Lipinski definition) is 1. The van der Waals surface area contributed by atoms with E-state index in [9.17, 15) is 4.79 Å². The van der Waals surface area contributed by atoms with Crippen molar-refractivity contribution in [2.75, 3.05) is 7.11 Å². The minimum atomic E-state index is -0.575. The second kappa shape index (κ2) is 5.38. The third-order valence-corrected chi connectivity index (χ3v) is 3.84. The van der Waals surface area contributed by atoms with Gasteiger partial charge in [-0.1, -0.05) is 20.3 Å². The summed E-state index contributed by atoms with van der Waals surface area (Å²) in [4.78, 5) is 11.6. The lowest BCUT2D eigenvalue weighted by Gasteiger charge is -2.29. The molecule has 1 unspecified atom stereocenters. The zero-order valence-electron chi connectivity index (χ0n) is 11.9. The first-order valence-electron chi connectivity index (χ1n) is 6.63. The average Bonchev–Trinajstić information content (AvgIpc) is 2.38. The number of hydrogen-bond acceptors (Lipinski definition) is 3. The van der Waals surface area contributed by atoms with Crippen molar-refractivity contribution in [3.05, 3.63) is 0 Å². The highest BCUT2D eigenvalue weighted by Gasteiger charge is 2.33. The topological polar surface area (TPSA) is 38.3 Å². The lowest BCUT2D eigenvalue weighted by atomic mass is 9.85. The minimum absolute atomic E-state index is 0.180. The second-order valence-electron chi connectivity index (χ2n) is 6.55. The third kappa shape index (κ3) is 4.30. The lowest BCUT2D eigenvalue weighted by molar-refractivity contribution is -0.147. The molecule has 1 rings (SSSR count). The molecule has 1 N–H and O–H groups in total. The van der Waals surface area contributed by atoms with Crippen LogP contribution in [0.2, 0.25) is 0 Å². The van der Waals surface area contributed by atoms with Crippen molar-refractivity contribution in [3.63, 3.8) is 0 Å². The van der Waals surface area contributed by atoms with Crippen LogP contribution in [0.3, 0.4) is 0 Å². The predicted octanol–water partition coefficient (Wildman–Crippen LogP) is 2.89. The zero-order chi connectivity index (χ0) is 13.1. The van der Waals surface area contributed by atoms with Crippen molar-refractivity contribution >= 4 is 5.97 Å². The molecular weight excluding hydrogens is 214 g/mol. The fourth-order valence-electron chi connectivity index (χ4n) is 2.63. The Morgan fingerprint density at radius 2 is 1.94 bits per heavy atom. The predicted molar refractivity (Wildman–Crippen MR) is 69.9 cm³/mol. The molecule has 0 aromatic rings. The van der Waals surface area contributed by atoms with Crippen LogP contribution in [0, 0.1) is 5.41 Å². The summed E-state index contributed by atoms with van der Waals surface area (Å²) in [7, 11) is 1.45. The summed E-state index contributed by atoms with van der Waals surface area (Å²) < 4.78 is 4.83. The first-order valence-corrected chi connectivity index (χ1v) is 6.63. The zero-order valence-corrected chi connectivity index (χ0v) is 11.9. The van der Waals surface area contributed by atoms with Crippen LogP contribution in [0.25, 0.3) is 0 Å². The summed E-state index contributed by atoms with van der Waals surface area (Å²) in [5.41, 5.74) is -0.125. The Morgan fingerprint density at radius 3 is 2.53 bits per heavy atom. The summed E-state index contributed by atoms with van der Waals surface area (Å²) in [6.45, 7) is 8.46. The first kappa shape index (κ1) is 14.5. The van der Waals surface area contributed by atoms with Crippen LogP contribution in [-0.2, 0) is 9.53 Å². The van der Waals surface area contributed by atoms with Crippen LogP contribution in [0.15, 0.2) is 0 Å². The molecule has 3 nitrogen and oxygen atoms in total. The van der Waals surface area contributed by atoms with Gasteiger partial charge in [-0.05, 0) is 44.9 Å². The Labute approximate surface area is 105 Å². The van der Waals surface area contributed by atoms with Crippen molar-refractivity contribution in [1.29, 1.82) is 0 Å². The summed E-state index contributed by atoms with van der Waals surface area (Å²) in [6.07, 6.45) is 6.05. The van der Waals surface area contributed by atoms with E-state index in [0.29, 0.717) is 11.5 Å². The maximum absolute atomic E-state index is 11.6. The van der Waals surface area contributed by atoms with Crippen LogP contribution in [0.4, 0.5) is 0 Å². The molecular formula is C14H27NO2. The molecule has 0 amide bonds. The molecule has 0 aliphatic heterocycles. The van der Waals surface area contributed by atoms with Gasteiger partial charge in [0.25, 0.3) is 0 Å². The molecule has 1 fully saturated rings. The van der Waals surface area contributed by atoms with Gasteiger partial charge >= 0.3 is 5.97 Å². The third-order valence-electron chi connectivity index (χ3n) is 3.84. The van der Waals surface area contributed by atoms with Crippen LogP contribution in [0.1, 0.15) is 59.8 Å². The molecule has 1 atom stereocenters. The van der Waals surface area contributed by atoms with Crippen LogP contribution in [-0.4, -0.2) is 24.7 Å². The molecule has 100 valence electrons. The van der Waals surface area contributed by atoms with Crippen LogP contribution < -0.4 is 5.32 Å². The maximum atomic E-state index is 11.6. The summed E-state index contributed by atoms with van der Waals surface area (Å²) in [5, 5.41) is 3.45. The van der Waals surface area contributed by atoms with Gasteiger partial charge in [0, 0.05) is 6.04 Å². The van der Waals surface area contributed by atoms with Gasteiger partial charge in [-0.3, -0.25) is 10.1 Å². The number of carbonyl (C=O) groups is 1. The quantitative estimate of drug-likeness (QED) is 0.610. The molecule has 1 aliphatic carbocycles. The normalized spacial score (nSPS) is 25.1.